The van der Waals surface area contributed by atoms with Crippen molar-refractivity contribution in [3.8, 4) is 17.1 Å². The number of benzene rings is 2. The third-order valence-corrected chi connectivity index (χ3v) is 4.57. The zero-order chi connectivity index (χ0) is 18.1. The number of nitrogens with zero attached hydrogens (tertiary/aromatic N) is 3. The van der Waals surface area contributed by atoms with Gasteiger partial charge >= 0.3 is 0 Å². The fourth-order valence-corrected chi connectivity index (χ4v) is 3.36. The molecule has 0 aliphatic carbocycles. The minimum atomic E-state index is 0.159. The molecule has 0 atom stereocenters. The van der Waals surface area contributed by atoms with Crippen LogP contribution in [0.1, 0.15) is 17.0 Å². The van der Waals surface area contributed by atoms with Gasteiger partial charge in [-0.15, -0.1) is 0 Å². The van der Waals surface area contributed by atoms with E-state index in [0.29, 0.717) is 6.42 Å². The van der Waals surface area contributed by atoms with E-state index >= 15 is 0 Å². The molecule has 2 heterocycles. The second-order valence-corrected chi connectivity index (χ2v) is 6.49. The predicted octanol–water partition coefficient (Wildman–Crippen LogP) is 4.24. The highest BCUT2D eigenvalue weighted by atomic mass is 16.2. The standard InChI is InChI=1S/C22H21N3O/c1-15-14-20-21(16(2)23-15)24-22(18-6-4-3-5-7-18)25(20)19-10-8-17(9-11-19)12-13-26/h3-11,14,26H,12-13H2,1-2H3. The maximum Gasteiger partial charge on any atom is 0.145 e. The summed E-state index contributed by atoms with van der Waals surface area (Å²) in [6.07, 6.45) is 0.665. The quantitative estimate of drug-likeness (QED) is 0.603. The summed E-state index contributed by atoms with van der Waals surface area (Å²) in [7, 11) is 0. The number of hydrogen-bond donors (Lipinski definition) is 1. The van der Waals surface area contributed by atoms with Gasteiger partial charge in [0.1, 0.15) is 11.3 Å². The Morgan fingerprint density at radius 2 is 1.65 bits per heavy atom. The third kappa shape index (κ3) is 2.89. The first-order chi connectivity index (χ1) is 12.7. The van der Waals surface area contributed by atoms with Crippen LogP contribution >= 0.6 is 0 Å². The van der Waals surface area contributed by atoms with Crippen LogP contribution in [0.25, 0.3) is 28.1 Å². The largest absolute Gasteiger partial charge is 0.396 e. The van der Waals surface area contributed by atoms with Crippen molar-refractivity contribution in [2.45, 2.75) is 20.3 Å². The first kappa shape index (κ1) is 16.5. The lowest BCUT2D eigenvalue weighted by molar-refractivity contribution is 0.299. The number of aliphatic hydroxyl groups is 1. The minimum absolute atomic E-state index is 0.159. The highest BCUT2D eigenvalue weighted by Crippen LogP contribution is 2.30. The van der Waals surface area contributed by atoms with Crippen LogP contribution in [0.15, 0.2) is 60.7 Å². The van der Waals surface area contributed by atoms with Crippen molar-refractivity contribution in [1.82, 2.24) is 14.5 Å². The van der Waals surface area contributed by atoms with Crippen molar-refractivity contribution < 1.29 is 5.11 Å². The smallest absolute Gasteiger partial charge is 0.145 e. The van der Waals surface area contributed by atoms with E-state index in [1.807, 2.05) is 32.0 Å². The number of rotatable bonds is 4. The average molecular weight is 343 g/mol. The Bertz CT molecular complexity index is 1050. The zero-order valence-electron chi connectivity index (χ0n) is 15.0. The molecule has 0 fully saturated rings. The number of aromatic nitrogens is 3. The van der Waals surface area contributed by atoms with Crippen LogP contribution in [0.2, 0.25) is 0 Å². The molecule has 26 heavy (non-hydrogen) atoms. The lowest BCUT2D eigenvalue weighted by atomic mass is 10.1. The number of aliphatic hydroxyl groups excluding tert-OH is 1. The Morgan fingerprint density at radius 1 is 0.923 bits per heavy atom. The summed E-state index contributed by atoms with van der Waals surface area (Å²) in [6, 6.07) is 20.6. The van der Waals surface area contributed by atoms with Gasteiger partial charge in [0.15, 0.2) is 0 Å². The molecule has 2 aromatic carbocycles. The highest BCUT2D eigenvalue weighted by Gasteiger charge is 2.16. The first-order valence-electron chi connectivity index (χ1n) is 8.79. The Labute approximate surface area is 152 Å². The van der Waals surface area contributed by atoms with Gasteiger partial charge in [0.25, 0.3) is 0 Å². The van der Waals surface area contributed by atoms with Crippen molar-refractivity contribution in [3.05, 3.63) is 77.6 Å². The van der Waals surface area contributed by atoms with Crippen LogP contribution in [0.5, 0.6) is 0 Å². The number of imidazole rings is 1. The topological polar surface area (TPSA) is 50.9 Å². The van der Waals surface area contributed by atoms with Gasteiger partial charge in [-0.1, -0.05) is 42.5 Å². The van der Waals surface area contributed by atoms with Crippen LogP contribution < -0.4 is 0 Å². The van der Waals surface area contributed by atoms with Gasteiger partial charge in [0.2, 0.25) is 0 Å². The molecule has 0 saturated heterocycles. The van der Waals surface area contributed by atoms with Gasteiger partial charge in [0.05, 0.1) is 11.2 Å². The van der Waals surface area contributed by atoms with Crippen LogP contribution in [0.4, 0.5) is 0 Å². The summed E-state index contributed by atoms with van der Waals surface area (Å²) in [5, 5.41) is 9.15. The molecule has 4 nitrogen and oxygen atoms in total. The SMILES string of the molecule is Cc1cc2c(nc(-c3ccccc3)n2-c2ccc(CCO)cc2)c(C)n1. The Morgan fingerprint density at radius 3 is 2.35 bits per heavy atom. The molecule has 4 heteroatoms. The van der Waals surface area contributed by atoms with E-state index in [0.717, 1.165) is 45.1 Å². The molecular weight excluding hydrogens is 322 g/mol. The molecule has 130 valence electrons. The molecule has 0 radical (unpaired) electrons. The minimum Gasteiger partial charge on any atom is -0.396 e. The van der Waals surface area contributed by atoms with Gasteiger partial charge in [-0.05, 0) is 44.0 Å². The summed E-state index contributed by atoms with van der Waals surface area (Å²) in [6.45, 7) is 4.18. The monoisotopic (exact) mass is 343 g/mol. The van der Waals surface area contributed by atoms with Crippen LogP contribution in [-0.4, -0.2) is 26.2 Å². The van der Waals surface area contributed by atoms with E-state index in [1.54, 1.807) is 0 Å². The molecular formula is C22H21N3O. The highest BCUT2D eigenvalue weighted by molar-refractivity contribution is 5.85. The van der Waals surface area contributed by atoms with E-state index in [-0.39, 0.29) is 6.61 Å². The molecule has 0 unspecified atom stereocenters. The molecule has 0 bridgehead atoms. The second-order valence-electron chi connectivity index (χ2n) is 6.49. The number of aryl methyl sites for hydroxylation is 2. The summed E-state index contributed by atoms with van der Waals surface area (Å²) < 4.78 is 2.19. The Balaban J connectivity index is 1.99. The lowest BCUT2D eigenvalue weighted by Gasteiger charge is -2.11. The molecule has 4 aromatic rings. The fourth-order valence-electron chi connectivity index (χ4n) is 3.36. The normalized spacial score (nSPS) is 11.2. The zero-order valence-corrected chi connectivity index (χ0v) is 15.0. The van der Waals surface area contributed by atoms with Crippen LogP contribution in [0.3, 0.4) is 0 Å². The fraction of sp³-hybridized carbons (Fsp3) is 0.182. The molecule has 2 aromatic heterocycles. The van der Waals surface area contributed by atoms with Gasteiger partial charge in [-0.25, -0.2) is 4.98 Å². The lowest BCUT2D eigenvalue weighted by Crippen LogP contribution is -1.99. The van der Waals surface area contributed by atoms with E-state index in [9.17, 15) is 0 Å². The van der Waals surface area contributed by atoms with Crippen molar-refractivity contribution >= 4 is 11.0 Å². The van der Waals surface area contributed by atoms with E-state index < -0.39 is 0 Å². The third-order valence-electron chi connectivity index (χ3n) is 4.57. The van der Waals surface area contributed by atoms with Crippen molar-refractivity contribution in [3.63, 3.8) is 0 Å². The van der Waals surface area contributed by atoms with Crippen molar-refractivity contribution in [1.29, 1.82) is 0 Å². The van der Waals surface area contributed by atoms with Gasteiger partial charge in [-0.3, -0.25) is 9.55 Å². The van der Waals surface area contributed by atoms with Crippen LogP contribution in [-0.2, 0) is 6.42 Å². The summed E-state index contributed by atoms with van der Waals surface area (Å²) in [5.74, 6) is 0.908. The number of fused-ring (bicyclic) bond motifs is 1. The first-order valence-corrected chi connectivity index (χ1v) is 8.79. The molecule has 0 saturated carbocycles. The molecule has 0 spiro atoms. The van der Waals surface area contributed by atoms with Crippen LogP contribution in [0, 0.1) is 13.8 Å². The van der Waals surface area contributed by atoms with Gasteiger partial charge in [0, 0.05) is 23.6 Å². The Kier molecular flexibility index (Phi) is 4.27. The van der Waals surface area contributed by atoms with Gasteiger partial charge < -0.3 is 5.11 Å². The summed E-state index contributed by atoms with van der Waals surface area (Å²) >= 11 is 0. The molecule has 1 N–H and O–H groups in total. The average Bonchev–Trinajstić information content (AvgIpc) is 3.03. The Hall–Kier alpha value is -2.98. The molecule has 4 rings (SSSR count). The van der Waals surface area contributed by atoms with E-state index in [4.69, 9.17) is 10.1 Å². The van der Waals surface area contributed by atoms with E-state index in [2.05, 4.69) is 52.0 Å². The molecule has 0 aliphatic heterocycles. The van der Waals surface area contributed by atoms with Crippen molar-refractivity contribution in [2.75, 3.05) is 6.61 Å². The number of pyridine rings is 1. The maximum absolute atomic E-state index is 9.15. The summed E-state index contributed by atoms with van der Waals surface area (Å²) in [4.78, 5) is 9.50. The molecule has 0 aliphatic rings. The maximum atomic E-state index is 9.15. The molecule has 0 amide bonds. The predicted molar refractivity (Wildman–Crippen MR) is 105 cm³/mol. The van der Waals surface area contributed by atoms with Gasteiger partial charge in [-0.2, -0.15) is 0 Å². The second kappa shape index (κ2) is 6.73. The summed E-state index contributed by atoms with van der Waals surface area (Å²) in [5.41, 5.74) is 7.15. The van der Waals surface area contributed by atoms with E-state index in [1.165, 1.54) is 0 Å². The van der Waals surface area contributed by atoms with Crippen molar-refractivity contribution in [2.24, 2.45) is 0 Å². The number of hydrogen-bond acceptors (Lipinski definition) is 3.